The Morgan fingerprint density at radius 2 is 2.21 bits per heavy atom. The summed E-state index contributed by atoms with van der Waals surface area (Å²) in [7, 11) is 0. The van der Waals surface area contributed by atoms with Crippen molar-refractivity contribution in [2.24, 2.45) is 0 Å². The molecule has 0 radical (unpaired) electrons. The highest BCUT2D eigenvalue weighted by molar-refractivity contribution is 9.10. The average Bonchev–Trinajstić information content (AvgIpc) is 2.36. The van der Waals surface area contributed by atoms with E-state index in [1.54, 1.807) is 6.07 Å². The molecular weight excluding hydrogens is 332 g/mol. The van der Waals surface area contributed by atoms with Crippen LogP contribution in [-0.4, -0.2) is 16.0 Å². The van der Waals surface area contributed by atoms with Crippen LogP contribution in [-0.2, 0) is 0 Å². The summed E-state index contributed by atoms with van der Waals surface area (Å²) >= 11 is 9.37. The normalized spacial score (nSPS) is 10.3. The summed E-state index contributed by atoms with van der Waals surface area (Å²) in [6.07, 6.45) is 2.65. The van der Waals surface area contributed by atoms with Crippen LogP contribution < -0.4 is 5.32 Å². The molecular formula is C13H10BrClN2O2. The van der Waals surface area contributed by atoms with Gasteiger partial charge in [0.05, 0.1) is 17.4 Å². The summed E-state index contributed by atoms with van der Waals surface area (Å²) in [5, 5.41) is 12.8. The number of carbonyl (C=O) groups excluding carboxylic acids is 1. The maximum Gasteiger partial charge on any atom is 0.259 e. The zero-order valence-corrected chi connectivity index (χ0v) is 12.3. The van der Waals surface area contributed by atoms with Crippen LogP contribution in [0, 0.1) is 6.92 Å². The van der Waals surface area contributed by atoms with Crippen LogP contribution in [0.2, 0.25) is 5.02 Å². The van der Waals surface area contributed by atoms with Crippen LogP contribution in [0.3, 0.4) is 0 Å². The van der Waals surface area contributed by atoms with Crippen molar-refractivity contribution in [3.63, 3.8) is 0 Å². The van der Waals surface area contributed by atoms with Crippen LogP contribution >= 0.6 is 27.5 Å². The molecule has 2 aromatic rings. The highest BCUT2D eigenvalue weighted by atomic mass is 79.9. The number of halogens is 2. The Morgan fingerprint density at radius 3 is 2.89 bits per heavy atom. The molecule has 0 spiro atoms. The smallest absolute Gasteiger partial charge is 0.259 e. The van der Waals surface area contributed by atoms with Gasteiger partial charge in [0, 0.05) is 15.7 Å². The van der Waals surface area contributed by atoms with Gasteiger partial charge in [-0.25, -0.2) is 0 Å². The molecule has 0 fully saturated rings. The molecule has 1 heterocycles. The lowest BCUT2D eigenvalue weighted by atomic mass is 10.2. The minimum Gasteiger partial charge on any atom is -0.505 e. The van der Waals surface area contributed by atoms with Gasteiger partial charge in [-0.2, -0.15) is 0 Å². The van der Waals surface area contributed by atoms with Gasteiger partial charge < -0.3 is 10.4 Å². The molecule has 1 amide bonds. The van der Waals surface area contributed by atoms with Gasteiger partial charge in [0.2, 0.25) is 0 Å². The lowest BCUT2D eigenvalue weighted by molar-refractivity contribution is 0.102. The van der Waals surface area contributed by atoms with Gasteiger partial charge in [-0.05, 0) is 46.6 Å². The third kappa shape index (κ3) is 3.05. The molecule has 1 aromatic heterocycles. The molecule has 98 valence electrons. The maximum atomic E-state index is 12.0. The lowest BCUT2D eigenvalue weighted by Crippen LogP contribution is -2.12. The number of hydrogen-bond acceptors (Lipinski definition) is 3. The van der Waals surface area contributed by atoms with Crippen molar-refractivity contribution in [2.75, 3.05) is 5.32 Å². The number of pyridine rings is 1. The Balaban J connectivity index is 2.30. The van der Waals surface area contributed by atoms with E-state index in [-0.39, 0.29) is 11.3 Å². The second-order valence-electron chi connectivity index (χ2n) is 3.93. The van der Waals surface area contributed by atoms with Crippen LogP contribution in [0.25, 0.3) is 0 Å². The standard InChI is InChI=1S/C13H10BrClN2O2/c1-7-4-9(14)11(5-10(7)15)17-13(19)8-2-3-16-6-12(8)18/h2-6,18H,1H3,(H,17,19). The van der Waals surface area contributed by atoms with Crippen molar-refractivity contribution in [2.45, 2.75) is 6.92 Å². The number of carbonyl (C=O) groups is 1. The topological polar surface area (TPSA) is 62.2 Å². The summed E-state index contributed by atoms with van der Waals surface area (Å²) in [6.45, 7) is 1.87. The Labute approximate surface area is 123 Å². The van der Waals surface area contributed by atoms with Gasteiger partial charge in [-0.15, -0.1) is 0 Å². The predicted molar refractivity (Wildman–Crippen MR) is 77.7 cm³/mol. The Kier molecular flexibility index (Phi) is 4.07. The van der Waals surface area contributed by atoms with Gasteiger partial charge in [0.15, 0.2) is 0 Å². The van der Waals surface area contributed by atoms with Crippen molar-refractivity contribution >= 4 is 39.1 Å². The summed E-state index contributed by atoms with van der Waals surface area (Å²) in [6, 6.07) is 4.90. The number of benzene rings is 1. The number of aromatic nitrogens is 1. The number of nitrogens with one attached hydrogen (secondary N) is 1. The predicted octanol–water partition coefficient (Wildman–Crippen LogP) is 3.76. The van der Waals surface area contributed by atoms with E-state index >= 15 is 0 Å². The number of hydrogen-bond donors (Lipinski definition) is 2. The number of anilines is 1. The Morgan fingerprint density at radius 1 is 1.47 bits per heavy atom. The quantitative estimate of drug-likeness (QED) is 0.874. The molecule has 0 unspecified atom stereocenters. The van der Waals surface area contributed by atoms with E-state index in [4.69, 9.17) is 11.6 Å². The van der Waals surface area contributed by atoms with Crippen molar-refractivity contribution in [3.8, 4) is 5.75 Å². The molecule has 0 aliphatic heterocycles. The first-order valence-corrected chi connectivity index (χ1v) is 6.56. The van der Waals surface area contributed by atoms with E-state index in [0.29, 0.717) is 10.7 Å². The number of rotatable bonds is 2. The Bertz CT molecular complexity index is 647. The van der Waals surface area contributed by atoms with Crippen LogP contribution in [0.4, 0.5) is 5.69 Å². The van der Waals surface area contributed by atoms with E-state index in [1.165, 1.54) is 18.5 Å². The number of aryl methyl sites for hydroxylation is 1. The first-order chi connectivity index (χ1) is 8.99. The molecule has 2 N–H and O–H groups in total. The second-order valence-corrected chi connectivity index (χ2v) is 5.19. The summed E-state index contributed by atoms with van der Waals surface area (Å²) in [5.41, 5.74) is 1.59. The van der Waals surface area contributed by atoms with Gasteiger partial charge in [0.1, 0.15) is 5.75 Å². The third-order valence-corrected chi connectivity index (χ3v) is 3.60. The summed E-state index contributed by atoms with van der Waals surface area (Å²) in [5.74, 6) is -0.602. The second kappa shape index (κ2) is 5.59. The molecule has 6 heteroatoms. The molecule has 4 nitrogen and oxygen atoms in total. The third-order valence-electron chi connectivity index (χ3n) is 2.54. The average molecular weight is 342 g/mol. The van der Waals surface area contributed by atoms with Crippen molar-refractivity contribution < 1.29 is 9.90 Å². The van der Waals surface area contributed by atoms with Gasteiger partial charge >= 0.3 is 0 Å². The van der Waals surface area contributed by atoms with Crippen molar-refractivity contribution in [3.05, 3.63) is 51.2 Å². The number of aromatic hydroxyl groups is 1. The minimum atomic E-state index is -0.430. The molecule has 0 saturated heterocycles. The van der Waals surface area contributed by atoms with Crippen LogP contribution in [0.1, 0.15) is 15.9 Å². The van der Waals surface area contributed by atoms with Gasteiger partial charge in [-0.1, -0.05) is 11.6 Å². The molecule has 19 heavy (non-hydrogen) atoms. The SMILES string of the molecule is Cc1cc(Br)c(NC(=O)c2ccncc2O)cc1Cl. The van der Waals surface area contributed by atoms with E-state index in [9.17, 15) is 9.90 Å². The van der Waals surface area contributed by atoms with Crippen molar-refractivity contribution in [1.29, 1.82) is 0 Å². The molecule has 0 aliphatic carbocycles. The maximum absolute atomic E-state index is 12.0. The monoisotopic (exact) mass is 340 g/mol. The highest BCUT2D eigenvalue weighted by Gasteiger charge is 2.13. The molecule has 0 bridgehead atoms. The fraction of sp³-hybridized carbons (Fsp3) is 0.0769. The summed E-state index contributed by atoms with van der Waals surface area (Å²) in [4.78, 5) is 15.7. The molecule has 0 aliphatic rings. The minimum absolute atomic E-state index is 0.151. The fourth-order valence-electron chi connectivity index (χ4n) is 1.51. The van der Waals surface area contributed by atoms with Gasteiger partial charge in [0.25, 0.3) is 5.91 Å². The number of nitrogens with zero attached hydrogens (tertiary/aromatic N) is 1. The zero-order valence-electron chi connectivity index (χ0n) is 9.95. The molecule has 0 saturated carbocycles. The molecule has 0 atom stereocenters. The summed E-state index contributed by atoms with van der Waals surface area (Å²) < 4.78 is 0.719. The van der Waals surface area contributed by atoms with E-state index in [2.05, 4.69) is 26.2 Å². The van der Waals surface area contributed by atoms with Gasteiger partial charge in [-0.3, -0.25) is 9.78 Å². The van der Waals surface area contributed by atoms with E-state index < -0.39 is 5.91 Å². The fourth-order valence-corrected chi connectivity index (χ4v) is 2.23. The zero-order chi connectivity index (χ0) is 14.0. The van der Waals surface area contributed by atoms with Crippen LogP contribution in [0.15, 0.2) is 35.1 Å². The molecule has 2 rings (SSSR count). The number of amides is 1. The van der Waals surface area contributed by atoms with E-state index in [1.807, 2.05) is 13.0 Å². The lowest BCUT2D eigenvalue weighted by Gasteiger charge is -2.10. The first kappa shape index (κ1) is 13.8. The van der Waals surface area contributed by atoms with Crippen molar-refractivity contribution in [1.82, 2.24) is 4.98 Å². The first-order valence-electron chi connectivity index (χ1n) is 5.39. The largest absolute Gasteiger partial charge is 0.505 e. The van der Waals surface area contributed by atoms with E-state index in [0.717, 1.165) is 10.0 Å². The van der Waals surface area contributed by atoms with Crippen LogP contribution in [0.5, 0.6) is 5.75 Å². The highest BCUT2D eigenvalue weighted by Crippen LogP contribution is 2.30. The molecule has 1 aromatic carbocycles. The Hall–Kier alpha value is -1.59.